The highest BCUT2D eigenvalue weighted by Gasteiger charge is 2.27. The summed E-state index contributed by atoms with van der Waals surface area (Å²) in [7, 11) is 1.62. The van der Waals surface area contributed by atoms with Gasteiger partial charge in [-0.1, -0.05) is 0 Å². The van der Waals surface area contributed by atoms with Crippen LogP contribution in [-0.4, -0.2) is 73.5 Å². The van der Waals surface area contributed by atoms with Gasteiger partial charge in [0, 0.05) is 32.7 Å². The number of carbonyl (C=O) groups excluding carboxylic acids is 2. The lowest BCUT2D eigenvalue weighted by molar-refractivity contribution is -0.136. The van der Waals surface area contributed by atoms with Gasteiger partial charge in [-0.3, -0.25) is 14.5 Å². The first kappa shape index (κ1) is 14.8. The fourth-order valence-corrected chi connectivity index (χ4v) is 2.16. The SMILES string of the molecule is CN(CC(=O)NC1CC1)C(=O)CN1CCNCC1C#N. The minimum Gasteiger partial charge on any atom is -0.352 e. The highest BCUT2D eigenvalue weighted by Crippen LogP contribution is 2.18. The van der Waals surface area contributed by atoms with Crippen molar-refractivity contribution in [1.29, 1.82) is 5.26 Å². The molecule has 2 amide bonds. The normalized spacial score (nSPS) is 22.9. The fourth-order valence-electron chi connectivity index (χ4n) is 2.16. The topological polar surface area (TPSA) is 88.5 Å². The summed E-state index contributed by atoms with van der Waals surface area (Å²) in [5.74, 6) is -0.237. The van der Waals surface area contributed by atoms with Crippen molar-refractivity contribution in [2.75, 3.05) is 39.8 Å². The lowest BCUT2D eigenvalue weighted by Gasteiger charge is -2.32. The number of rotatable bonds is 5. The van der Waals surface area contributed by atoms with Gasteiger partial charge in [-0.15, -0.1) is 0 Å². The molecule has 7 nitrogen and oxygen atoms in total. The monoisotopic (exact) mass is 279 g/mol. The van der Waals surface area contributed by atoms with E-state index in [0.29, 0.717) is 19.1 Å². The van der Waals surface area contributed by atoms with Crippen molar-refractivity contribution in [2.45, 2.75) is 24.9 Å². The highest BCUT2D eigenvalue weighted by atomic mass is 16.2. The number of nitrogens with one attached hydrogen (secondary N) is 2. The number of nitriles is 1. The smallest absolute Gasteiger partial charge is 0.239 e. The standard InChI is InChI=1S/C13H21N5O2/c1-17(8-12(19)16-10-2-3-10)13(20)9-18-5-4-15-7-11(18)6-14/h10-11,15H,2-5,7-9H2,1H3,(H,16,19). The molecular weight excluding hydrogens is 258 g/mol. The molecule has 1 atom stereocenters. The Bertz CT molecular complexity index is 415. The van der Waals surface area contributed by atoms with Gasteiger partial charge in [0.15, 0.2) is 0 Å². The summed E-state index contributed by atoms with van der Waals surface area (Å²) in [6, 6.07) is 2.22. The van der Waals surface area contributed by atoms with E-state index in [9.17, 15) is 9.59 Å². The van der Waals surface area contributed by atoms with Crippen LogP contribution in [0, 0.1) is 11.3 Å². The first-order valence-corrected chi connectivity index (χ1v) is 6.98. The van der Waals surface area contributed by atoms with Crippen molar-refractivity contribution in [3.8, 4) is 6.07 Å². The molecule has 1 saturated carbocycles. The molecule has 1 aliphatic carbocycles. The molecule has 0 radical (unpaired) electrons. The van der Waals surface area contributed by atoms with Crippen molar-refractivity contribution in [3.63, 3.8) is 0 Å². The molecule has 2 fully saturated rings. The summed E-state index contributed by atoms with van der Waals surface area (Å²) >= 11 is 0. The predicted molar refractivity (Wildman–Crippen MR) is 72.6 cm³/mol. The van der Waals surface area contributed by atoms with Crippen molar-refractivity contribution in [2.24, 2.45) is 0 Å². The van der Waals surface area contributed by atoms with E-state index < -0.39 is 0 Å². The van der Waals surface area contributed by atoms with Crippen LogP contribution in [0.1, 0.15) is 12.8 Å². The van der Waals surface area contributed by atoms with Crippen LogP contribution in [-0.2, 0) is 9.59 Å². The molecule has 2 aliphatic rings. The summed E-state index contributed by atoms with van der Waals surface area (Å²) < 4.78 is 0. The molecule has 1 unspecified atom stereocenters. The van der Waals surface area contributed by atoms with Crippen molar-refractivity contribution < 1.29 is 9.59 Å². The zero-order valence-corrected chi connectivity index (χ0v) is 11.8. The third-order valence-corrected chi connectivity index (χ3v) is 3.59. The first-order chi connectivity index (χ1) is 9.60. The van der Waals surface area contributed by atoms with Crippen LogP contribution >= 0.6 is 0 Å². The predicted octanol–water partition coefficient (Wildman–Crippen LogP) is -1.48. The maximum Gasteiger partial charge on any atom is 0.239 e. The molecule has 7 heteroatoms. The van der Waals surface area contributed by atoms with E-state index in [1.807, 2.05) is 4.90 Å². The van der Waals surface area contributed by atoms with E-state index in [1.54, 1.807) is 7.05 Å². The number of nitrogens with zero attached hydrogens (tertiary/aromatic N) is 3. The zero-order chi connectivity index (χ0) is 14.5. The average Bonchev–Trinajstić information content (AvgIpc) is 3.22. The Hall–Kier alpha value is -1.65. The average molecular weight is 279 g/mol. The summed E-state index contributed by atoms with van der Waals surface area (Å²) in [5.41, 5.74) is 0. The minimum atomic E-state index is -0.276. The number of likely N-dealkylation sites (N-methyl/N-ethyl adjacent to an activating group) is 1. The van der Waals surface area contributed by atoms with E-state index in [0.717, 1.165) is 19.4 Å². The molecule has 0 spiro atoms. The summed E-state index contributed by atoms with van der Waals surface area (Å²) in [6.45, 7) is 2.30. The Morgan fingerprint density at radius 1 is 1.50 bits per heavy atom. The van der Waals surface area contributed by atoms with Gasteiger partial charge in [0.05, 0.1) is 19.2 Å². The maximum atomic E-state index is 12.1. The molecule has 2 N–H and O–H groups in total. The molecule has 0 aromatic heterocycles. The fraction of sp³-hybridized carbons (Fsp3) is 0.769. The third-order valence-electron chi connectivity index (χ3n) is 3.59. The third kappa shape index (κ3) is 4.18. The largest absolute Gasteiger partial charge is 0.352 e. The van der Waals surface area contributed by atoms with E-state index >= 15 is 0 Å². The Balaban J connectivity index is 1.77. The number of amides is 2. The molecule has 0 aromatic carbocycles. The first-order valence-electron chi connectivity index (χ1n) is 6.98. The molecule has 20 heavy (non-hydrogen) atoms. The Morgan fingerprint density at radius 3 is 2.90 bits per heavy atom. The van der Waals surface area contributed by atoms with Gasteiger partial charge in [-0.25, -0.2) is 0 Å². The Labute approximate surface area is 118 Å². The number of hydrogen-bond acceptors (Lipinski definition) is 5. The maximum absolute atomic E-state index is 12.1. The molecule has 0 aromatic rings. The Kier molecular flexibility index (Phi) is 4.93. The van der Waals surface area contributed by atoms with E-state index in [1.165, 1.54) is 4.90 Å². The molecular formula is C13H21N5O2. The van der Waals surface area contributed by atoms with Gasteiger partial charge in [0.2, 0.25) is 11.8 Å². The van der Waals surface area contributed by atoms with Gasteiger partial charge in [0.1, 0.15) is 6.04 Å². The molecule has 1 aliphatic heterocycles. The molecule has 2 rings (SSSR count). The summed E-state index contributed by atoms with van der Waals surface area (Å²) in [5, 5.41) is 15.0. The van der Waals surface area contributed by atoms with Crippen LogP contribution in [0.2, 0.25) is 0 Å². The van der Waals surface area contributed by atoms with Crippen molar-refractivity contribution >= 4 is 11.8 Å². The second-order valence-electron chi connectivity index (χ2n) is 5.41. The van der Waals surface area contributed by atoms with Crippen LogP contribution in [0.15, 0.2) is 0 Å². The summed E-state index contributed by atoms with van der Waals surface area (Å²) in [6.07, 6.45) is 2.07. The van der Waals surface area contributed by atoms with Crippen LogP contribution in [0.4, 0.5) is 0 Å². The second-order valence-corrected chi connectivity index (χ2v) is 5.41. The summed E-state index contributed by atoms with van der Waals surface area (Å²) in [4.78, 5) is 27.0. The minimum absolute atomic E-state index is 0.0820. The van der Waals surface area contributed by atoms with Crippen molar-refractivity contribution in [1.82, 2.24) is 20.4 Å². The lowest BCUT2D eigenvalue weighted by Crippen LogP contribution is -2.54. The van der Waals surface area contributed by atoms with Gasteiger partial charge >= 0.3 is 0 Å². The Morgan fingerprint density at radius 2 is 2.25 bits per heavy atom. The van der Waals surface area contributed by atoms with Crippen LogP contribution in [0.3, 0.4) is 0 Å². The number of piperazine rings is 1. The van der Waals surface area contributed by atoms with E-state index in [-0.39, 0.29) is 30.9 Å². The van der Waals surface area contributed by atoms with E-state index in [4.69, 9.17) is 5.26 Å². The highest BCUT2D eigenvalue weighted by molar-refractivity contribution is 5.85. The van der Waals surface area contributed by atoms with Crippen molar-refractivity contribution in [3.05, 3.63) is 0 Å². The lowest BCUT2D eigenvalue weighted by atomic mass is 10.2. The quantitative estimate of drug-likeness (QED) is 0.641. The van der Waals surface area contributed by atoms with Gasteiger partial charge in [-0.2, -0.15) is 5.26 Å². The molecule has 1 heterocycles. The molecule has 1 saturated heterocycles. The van der Waals surface area contributed by atoms with Crippen LogP contribution in [0.5, 0.6) is 0 Å². The van der Waals surface area contributed by atoms with Gasteiger partial charge in [-0.05, 0) is 12.8 Å². The van der Waals surface area contributed by atoms with Gasteiger partial charge < -0.3 is 15.5 Å². The van der Waals surface area contributed by atoms with Gasteiger partial charge in [0.25, 0.3) is 0 Å². The molecule has 110 valence electrons. The zero-order valence-electron chi connectivity index (χ0n) is 11.8. The molecule has 0 bridgehead atoms. The number of hydrogen-bond donors (Lipinski definition) is 2. The van der Waals surface area contributed by atoms with Crippen LogP contribution in [0.25, 0.3) is 0 Å². The van der Waals surface area contributed by atoms with E-state index in [2.05, 4.69) is 16.7 Å². The van der Waals surface area contributed by atoms with Crippen LogP contribution < -0.4 is 10.6 Å². The number of carbonyl (C=O) groups is 2. The second kappa shape index (κ2) is 6.68.